The van der Waals surface area contributed by atoms with Gasteiger partial charge in [0, 0.05) is 41.9 Å². The Balaban J connectivity index is 1.24. The van der Waals surface area contributed by atoms with Gasteiger partial charge in [-0.2, -0.15) is 0 Å². The first kappa shape index (κ1) is 20.8. The van der Waals surface area contributed by atoms with Crippen molar-refractivity contribution in [3.8, 4) is 16.3 Å². The third-order valence-electron chi connectivity index (χ3n) is 5.35. The van der Waals surface area contributed by atoms with E-state index in [4.69, 9.17) is 4.74 Å². The normalized spacial score (nSPS) is 13.5. The fraction of sp³-hybridized carbons (Fsp3) is 0.208. The summed E-state index contributed by atoms with van der Waals surface area (Å²) in [6, 6.07) is 18.1. The van der Waals surface area contributed by atoms with Crippen molar-refractivity contribution in [1.29, 1.82) is 0 Å². The van der Waals surface area contributed by atoms with Crippen LogP contribution in [0.2, 0.25) is 0 Å². The van der Waals surface area contributed by atoms with Gasteiger partial charge in [0.15, 0.2) is 5.13 Å². The minimum atomic E-state index is -0.228. The monoisotopic (exact) mass is 462 g/mol. The van der Waals surface area contributed by atoms with E-state index in [-0.39, 0.29) is 5.91 Å². The number of hydrogen-bond acceptors (Lipinski definition) is 7. The number of rotatable bonds is 6. The van der Waals surface area contributed by atoms with Gasteiger partial charge < -0.3 is 4.74 Å². The molecule has 3 heterocycles. The van der Waals surface area contributed by atoms with Gasteiger partial charge >= 0.3 is 0 Å². The molecule has 0 bridgehead atoms. The molecule has 2 aromatic heterocycles. The molecule has 1 aliphatic rings. The fourth-order valence-electron chi connectivity index (χ4n) is 3.68. The molecule has 0 atom stereocenters. The average molecular weight is 463 g/mol. The molecular weight excluding hydrogens is 440 g/mol. The smallest absolute Gasteiger partial charge is 0.276 e. The van der Waals surface area contributed by atoms with Crippen LogP contribution in [-0.4, -0.2) is 34.4 Å². The second-order valence-electron chi connectivity index (χ2n) is 7.56. The van der Waals surface area contributed by atoms with Gasteiger partial charge in [-0.1, -0.05) is 30.3 Å². The average Bonchev–Trinajstić information content (AvgIpc) is 3.47. The Morgan fingerprint density at radius 1 is 1.12 bits per heavy atom. The Bertz CT molecular complexity index is 1220. The molecule has 1 aliphatic heterocycles. The maximum absolute atomic E-state index is 12.7. The standard InChI is InChI=1S/C24H22N4O2S2/c1-30-18-9-7-17(8-10-18)23-25-20(15-31-23)22(29)27-24-26-19-11-12-28(14-21(19)32-24)13-16-5-3-2-4-6-16/h2-10,15H,11-14H2,1H3,(H,26,27,29). The van der Waals surface area contributed by atoms with Crippen LogP contribution in [0.4, 0.5) is 5.13 Å². The Morgan fingerprint density at radius 3 is 2.72 bits per heavy atom. The number of fused-ring (bicyclic) bond motifs is 1. The van der Waals surface area contributed by atoms with E-state index in [1.54, 1.807) is 23.8 Å². The third kappa shape index (κ3) is 4.57. The molecule has 0 spiro atoms. The second kappa shape index (κ2) is 9.20. The number of nitrogens with zero attached hydrogens (tertiary/aromatic N) is 3. The van der Waals surface area contributed by atoms with Crippen LogP contribution < -0.4 is 10.1 Å². The lowest BCUT2D eigenvalue weighted by molar-refractivity contribution is 0.102. The molecule has 0 saturated carbocycles. The van der Waals surface area contributed by atoms with Crippen LogP contribution in [0.1, 0.15) is 26.6 Å². The van der Waals surface area contributed by atoms with Crippen LogP contribution >= 0.6 is 22.7 Å². The number of ether oxygens (including phenoxy) is 1. The zero-order chi connectivity index (χ0) is 21.9. The first-order valence-corrected chi connectivity index (χ1v) is 12.0. The molecule has 32 heavy (non-hydrogen) atoms. The summed E-state index contributed by atoms with van der Waals surface area (Å²) in [5.74, 6) is 0.562. The van der Waals surface area contributed by atoms with E-state index in [1.807, 2.05) is 30.3 Å². The van der Waals surface area contributed by atoms with Crippen molar-refractivity contribution < 1.29 is 9.53 Å². The van der Waals surface area contributed by atoms with Crippen LogP contribution in [0.3, 0.4) is 0 Å². The van der Waals surface area contributed by atoms with Gasteiger partial charge in [-0.3, -0.25) is 15.0 Å². The number of methoxy groups -OCH3 is 1. The lowest BCUT2D eigenvalue weighted by atomic mass is 10.1. The third-order valence-corrected chi connectivity index (χ3v) is 7.24. The van der Waals surface area contributed by atoms with Crippen molar-refractivity contribution in [2.24, 2.45) is 0 Å². The number of carbonyl (C=O) groups excluding carboxylic acids is 1. The number of amides is 1. The first-order valence-electron chi connectivity index (χ1n) is 10.3. The highest BCUT2D eigenvalue weighted by molar-refractivity contribution is 7.16. The highest BCUT2D eigenvalue weighted by atomic mass is 32.1. The van der Waals surface area contributed by atoms with Crippen molar-refractivity contribution in [2.45, 2.75) is 19.5 Å². The largest absolute Gasteiger partial charge is 0.497 e. The quantitative estimate of drug-likeness (QED) is 0.433. The van der Waals surface area contributed by atoms with Gasteiger partial charge in [-0.15, -0.1) is 22.7 Å². The molecule has 0 fully saturated rings. The van der Waals surface area contributed by atoms with Gasteiger partial charge in [0.1, 0.15) is 16.5 Å². The Morgan fingerprint density at radius 2 is 1.94 bits per heavy atom. The lowest BCUT2D eigenvalue weighted by Crippen LogP contribution is -2.29. The molecule has 0 saturated heterocycles. The molecule has 6 nitrogen and oxygen atoms in total. The summed E-state index contributed by atoms with van der Waals surface area (Å²) in [4.78, 5) is 25.6. The van der Waals surface area contributed by atoms with Crippen molar-refractivity contribution in [3.63, 3.8) is 0 Å². The molecule has 2 aromatic carbocycles. The van der Waals surface area contributed by atoms with Crippen LogP contribution in [0.5, 0.6) is 5.75 Å². The highest BCUT2D eigenvalue weighted by Gasteiger charge is 2.22. The Kier molecular flexibility index (Phi) is 5.98. The fourth-order valence-corrected chi connectivity index (χ4v) is 5.54. The van der Waals surface area contributed by atoms with E-state index in [0.29, 0.717) is 10.8 Å². The molecule has 0 radical (unpaired) electrons. The zero-order valence-corrected chi connectivity index (χ0v) is 19.2. The summed E-state index contributed by atoms with van der Waals surface area (Å²) < 4.78 is 5.20. The van der Waals surface area contributed by atoms with Crippen LogP contribution in [0, 0.1) is 0 Å². The first-order chi connectivity index (χ1) is 15.7. The summed E-state index contributed by atoms with van der Waals surface area (Å²) in [5, 5.41) is 6.16. The van der Waals surface area contributed by atoms with Gasteiger partial charge in [-0.25, -0.2) is 9.97 Å². The van der Waals surface area contributed by atoms with E-state index >= 15 is 0 Å². The molecule has 5 rings (SSSR count). The summed E-state index contributed by atoms with van der Waals surface area (Å²) in [7, 11) is 1.64. The van der Waals surface area contributed by atoms with Crippen molar-refractivity contribution >= 4 is 33.7 Å². The van der Waals surface area contributed by atoms with E-state index in [1.165, 1.54) is 21.8 Å². The molecule has 4 aromatic rings. The van der Waals surface area contributed by atoms with Gasteiger partial charge in [0.2, 0.25) is 0 Å². The molecule has 8 heteroatoms. The number of carbonyl (C=O) groups is 1. The predicted octanol–water partition coefficient (Wildman–Crippen LogP) is 5.09. The van der Waals surface area contributed by atoms with Gasteiger partial charge in [0.25, 0.3) is 5.91 Å². The molecule has 0 unspecified atom stereocenters. The van der Waals surface area contributed by atoms with Gasteiger partial charge in [0.05, 0.1) is 12.8 Å². The predicted molar refractivity (Wildman–Crippen MR) is 128 cm³/mol. The summed E-state index contributed by atoms with van der Waals surface area (Å²) in [5.41, 5.74) is 3.76. The molecular formula is C24H22N4O2S2. The summed E-state index contributed by atoms with van der Waals surface area (Å²) in [6.07, 6.45) is 0.896. The number of anilines is 1. The van der Waals surface area contributed by atoms with Crippen LogP contribution in [-0.2, 0) is 19.5 Å². The maximum Gasteiger partial charge on any atom is 0.276 e. The molecule has 1 N–H and O–H groups in total. The topological polar surface area (TPSA) is 67.3 Å². The Labute approximate surface area is 194 Å². The van der Waals surface area contributed by atoms with E-state index in [0.717, 1.165) is 48.1 Å². The zero-order valence-electron chi connectivity index (χ0n) is 17.6. The molecule has 162 valence electrons. The molecule has 1 amide bonds. The summed E-state index contributed by atoms with van der Waals surface area (Å²) in [6.45, 7) is 2.75. The Hall–Kier alpha value is -3.07. The van der Waals surface area contributed by atoms with Crippen LogP contribution in [0.15, 0.2) is 60.0 Å². The molecule has 0 aliphatic carbocycles. The number of hydrogen-bond donors (Lipinski definition) is 1. The minimum Gasteiger partial charge on any atom is -0.497 e. The van der Waals surface area contributed by atoms with E-state index in [2.05, 4.69) is 44.5 Å². The van der Waals surface area contributed by atoms with E-state index in [9.17, 15) is 4.79 Å². The number of benzene rings is 2. The van der Waals surface area contributed by atoms with Crippen molar-refractivity contribution in [3.05, 3.63) is 81.8 Å². The number of aromatic nitrogens is 2. The van der Waals surface area contributed by atoms with E-state index < -0.39 is 0 Å². The maximum atomic E-state index is 12.7. The van der Waals surface area contributed by atoms with Crippen molar-refractivity contribution in [1.82, 2.24) is 14.9 Å². The second-order valence-corrected chi connectivity index (χ2v) is 9.50. The number of thiazole rings is 2. The summed E-state index contributed by atoms with van der Waals surface area (Å²) >= 11 is 3.00. The number of nitrogens with one attached hydrogen (secondary N) is 1. The van der Waals surface area contributed by atoms with Crippen LogP contribution in [0.25, 0.3) is 10.6 Å². The van der Waals surface area contributed by atoms with Gasteiger partial charge in [-0.05, 0) is 29.8 Å². The minimum absolute atomic E-state index is 0.228. The highest BCUT2D eigenvalue weighted by Crippen LogP contribution is 2.30. The van der Waals surface area contributed by atoms with Crippen molar-refractivity contribution in [2.75, 3.05) is 19.0 Å². The SMILES string of the molecule is COc1ccc(-c2nc(C(=O)Nc3nc4c(s3)CN(Cc3ccccc3)CC4)cs2)cc1. The lowest BCUT2D eigenvalue weighted by Gasteiger charge is -2.25.